The maximum Gasteiger partial charge on any atom is 0.160 e. The quantitative estimate of drug-likeness (QED) is 0.678. The fourth-order valence-electron chi connectivity index (χ4n) is 2.16. The van der Waals surface area contributed by atoms with E-state index in [1.807, 2.05) is 43.4 Å². The molecule has 2 aromatic carbocycles. The van der Waals surface area contributed by atoms with Crippen molar-refractivity contribution >= 4 is 23.0 Å². The number of para-hydroxylation sites is 2. The van der Waals surface area contributed by atoms with Crippen molar-refractivity contribution in [2.45, 2.75) is 6.54 Å². The fourth-order valence-corrected chi connectivity index (χ4v) is 2.35. The molecule has 0 atom stereocenters. The van der Waals surface area contributed by atoms with Gasteiger partial charge in [0, 0.05) is 17.6 Å². The topological polar surface area (TPSA) is 64.0 Å². The Kier molecular flexibility index (Phi) is 4.63. The molecular formula is C16H16ClN5O. The van der Waals surface area contributed by atoms with Gasteiger partial charge in [-0.2, -0.15) is 5.10 Å². The molecule has 7 heteroatoms. The minimum atomic E-state index is 0.519. The van der Waals surface area contributed by atoms with Crippen molar-refractivity contribution < 1.29 is 4.84 Å². The summed E-state index contributed by atoms with van der Waals surface area (Å²) in [5, 5.41) is 7.85. The average molecular weight is 330 g/mol. The van der Waals surface area contributed by atoms with Crippen LogP contribution in [-0.2, 0) is 6.54 Å². The molecule has 0 saturated heterocycles. The third kappa shape index (κ3) is 3.73. The Labute approximate surface area is 139 Å². The molecule has 2 N–H and O–H groups in total. The van der Waals surface area contributed by atoms with E-state index < -0.39 is 0 Å². The predicted molar refractivity (Wildman–Crippen MR) is 90.8 cm³/mol. The zero-order chi connectivity index (χ0) is 16.1. The Morgan fingerprint density at radius 3 is 2.74 bits per heavy atom. The zero-order valence-electron chi connectivity index (χ0n) is 12.5. The first-order valence-electron chi connectivity index (χ1n) is 7.07. The standard InChI is InChI=1S/C16H16ClN5O/c1-18-14-4-2-3-5-15(14)21-23-16-7-6-13(17)8-12(16)9-22-11-19-10-20-22/h2-8,10-11,18,21H,9H2,1H3. The molecule has 0 fully saturated rings. The van der Waals surface area contributed by atoms with E-state index in [0.717, 1.165) is 16.9 Å². The maximum absolute atomic E-state index is 6.09. The number of nitrogens with one attached hydrogen (secondary N) is 2. The molecule has 3 aromatic rings. The number of hydrogen-bond donors (Lipinski definition) is 2. The number of rotatable bonds is 6. The molecule has 118 valence electrons. The molecule has 1 aromatic heterocycles. The summed E-state index contributed by atoms with van der Waals surface area (Å²) in [6, 6.07) is 13.2. The van der Waals surface area contributed by atoms with Gasteiger partial charge in [-0.3, -0.25) is 0 Å². The lowest BCUT2D eigenvalue weighted by atomic mass is 10.2. The lowest BCUT2D eigenvalue weighted by Crippen LogP contribution is -2.10. The van der Waals surface area contributed by atoms with Crippen LogP contribution in [0, 0.1) is 0 Å². The SMILES string of the molecule is CNc1ccccc1NOc1ccc(Cl)cc1Cn1cncn1. The Morgan fingerprint density at radius 2 is 2.00 bits per heavy atom. The molecule has 0 spiro atoms. The van der Waals surface area contributed by atoms with Crippen molar-refractivity contribution in [3.05, 3.63) is 65.7 Å². The van der Waals surface area contributed by atoms with E-state index in [2.05, 4.69) is 20.9 Å². The van der Waals surface area contributed by atoms with Gasteiger partial charge in [0.15, 0.2) is 5.75 Å². The summed E-state index contributed by atoms with van der Waals surface area (Å²) in [7, 11) is 1.86. The first-order valence-corrected chi connectivity index (χ1v) is 7.44. The monoisotopic (exact) mass is 329 g/mol. The predicted octanol–water partition coefficient (Wildman–Crippen LogP) is 3.43. The van der Waals surface area contributed by atoms with E-state index in [-0.39, 0.29) is 0 Å². The lowest BCUT2D eigenvalue weighted by Gasteiger charge is -2.15. The zero-order valence-corrected chi connectivity index (χ0v) is 13.3. The second-order valence-corrected chi connectivity index (χ2v) is 5.28. The number of benzene rings is 2. The average Bonchev–Trinajstić information content (AvgIpc) is 3.07. The van der Waals surface area contributed by atoms with Crippen molar-refractivity contribution in [2.75, 3.05) is 17.8 Å². The number of nitrogens with zero attached hydrogens (tertiary/aromatic N) is 3. The number of hydrogen-bond acceptors (Lipinski definition) is 5. The van der Waals surface area contributed by atoms with Crippen LogP contribution in [0.5, 0.6) is 5.75 Å². The minimum absolute atomic E-state index is 0.519. The minimum Gasteiger partial charge on any atom is -0.386 e. The van der Waals surface area contributed by atoms with E-state index in [1.54, 1.807) is 17.1 Å². The molecule has 1 heterocycles. The highest BCUT2D eigenvalue weighted by molar-refractivity contribution is 6.30. The van der Waals surface area contributed by atoms with Crippen LogP contribution in [0.15, 0.2) is 55.1 Å². The Bertz CT molecular complexity index is 776. The van der Waals surface area contributed by atoms with E-state index in [9.17, 15) is 0 Å². The summed E-state index contributed by atoms with van der Waals surface area (Å²) in [4.78, 5) is 9.70. The number of anilines is 2. The van der Waals surface area contributed by atoms with Crippen molar-refractivity contribution in [3.63, 3.8) is 0 Å². The van der Waals surface area contributed by atoms with Crippen LogP contribution in [0.25, 0.3) is 0 Å². The summed E-state index contributed by atoms with van der Waals surface area (Å²) >= 11 is 6.09. The fraction of sp³-hybridized carbons (Fsp3) is 0.125. The molecule has 0 unspecified atom stereocenters. The first kappa shape index (κ1) is 15.2. The van der Waals surface area contributed by atoms with Gasteiger partial charge in [0.2, 0.25) is 0 Å². The Morgan fingerprint density at radius 1 is 1.17 bits per heavy atom. The molecular weight excluding hydrogens is 314 g/mol. The van der Waals surface area contributed by atoms with Gasteiger partial charge in [0.05, 0.1) is 17.9 Å². The Hall–Kier alpha value is -2.73. The first-order chi connectivity index (χ1) is 11.3. The Balaban J connectivity index is 1.79. The summed E-state index contributed by atoms with van der Waals surface area (Å²) in [6.07, 6.45) is 3.14. The van der Waals surface area contributed by atoms with Crippen molar-refractivity contribution in [3.8, 4) is 5.75 Å². The van der Waals surface area contributed by atoms with E-state index in [1.165, 1.54) is 6.33 Å². The van der Waals surface area contributed by atoms with Crippen LogP contribution in [0.1, 0.15) is 5.56 Å². The third-order valence-electron chi connectivity index (χ3n) is 3.29. The van der Waals surface area contributed by atoms with Gasteiger partial charge in [-0.15, -0.1) is 0 Å². The van der Waals surface area contributed by atoms with Crippen LogP contribution >= 0.6 is 11.6 Å². The molecule has 0 aliphatic heterocycles. The van der Waals surface area contributed by atoms with Gasteiger partial charge in [0.25, 0.3) is 0 Å². The smallest absolute Gasteiger partial charge is 0.160 e. The summed E-state index contributed by atoms with van der Waals surface area (Å²) in [5.41, 5.74) is 5.66. The van der Waals surface area contributed by atoms with Crippen molar-refractivity contribution in [1.82, 2.24) is 14.8 Å². The van der Waals surface area contributed by atoms with Crippen LogP contribution < -0.4 is 15.6 Å². The van der Waals surface area contributed by atoms with Crippen molar-refractivity contribution in [1.29, 1.82) is 0 Å². The molecule has 0 amide bonds. The molecule has 0 saturated carbocycles. The van der Waals surface area contributed by atoms with E-state index >= 15 is 0 Å². The lowest BCUT2D eigenvalue weighted by molar-refractivity contribution is 0.398. The van der Waals surface area contributed by atoms with Crippen LogP contribution in [0.3, 0.4) is 0 Å². The highest BCUT2D eigenvalue weighted by Crippen LogP contribution is 2.26. The maximum atomic E-state index is 6.09. The van der Waals surface area contributed by atoms with Gasteiger partial charge in [-0.25, -0.2) is 15.1 Å². The largest absolute Gasteiger partial charge is 0.386 e. The number of halogens is 1. The van der Waals surface area contributed by atoms with E-state index in [0.29, 0.717) is 17.3 Å². The van der Waals surface area contributed by atoms with E-state index in [4.69, 9.17) is 16.4 Å². The summed E-state index contributed by atoms with van der Waals surface area (Å²) in [5.74, 6) is 0.677. The molecule has 6 nitrogen and oxygen atoms in total. The van der Waals surface area contributed by atoms with Crippen molar-refractivity contribution in [2.24, 2.45) is 0 Å². The summed E-state index contributed by atoms with van der Waals surface area (Å²) < 4.78 is 1.71. The van der Waals surface area contributed by atoms with Gasteiger partial charge in [-0.1, -0.05) is 23.7 Å². The second kappa shape index (κ2) is 7.02. The highest BCUT2D eigenvalue weighted by Gasteiger charge is 2.08. The highest BCUT2D eigenvalue weighted by atomic mass is 35.5. The van der Waals surface area contributed by atoms with Gasteiger partial charge in [0.1, 0.15) is 12.7 Å². The summed E-state index contributed by atoms with van der Waals surface area (Å²) in [6.45, 7) is 0.519. The third-order valence-corrected chi connectivity index (χ3v) is 3.52. The van der Waals surface area contributed by atoms with Gasteiger partial charge < -0.3 is 10.2 Å². The molecule has 0 bridgehead atoms. The van der Waals surface area contributed by atoms with Crippen LogP contribution in [0.4, 0.5) is 11.4 Å². The molecule has 3 rings (SSSR count). The van der Waals surface area contributed by atoms with Gasteiger partial charge >= 0.3 is 0 Å². The molecule has 0 aliphatic rings. The van der Waals surface area contributed by atoms with Crippen LogP contribution in [-0.4, -0.2) is 21.8 Å². The number of aromatic nitrogens is 3. The normalized spacial score (nSPS) is 10.3. The molecule has 23 heavy (non-hydrogen) atoms. The second-order valence-electron chi connectivity index (χ2n) is 4.84. The molecule has 0 radical (unpaired) electrons. The van der Waals surface area contributed by atoms with Gasteiger partial charge in [-0.05, 0) is 30.3 Å². The van der Waals surface area contributed by atoms with Crippen LogP contribution in [0.2, 0.25) is 5.02 Å². The molecule has 0 aliphatic carbocycles.